The van der Waals surface area contributed by atoms with Gasteiger partial charge in [-0.15, -0.1) is 0 Å². The van der Waals surface area contributed by atoms with Crippen LogP contribution in [0.5, 0.6) is 0 Å². The van der Waals surface area contributed by atoms with Crippen molar-refractivity contribution in [3.8, 4) is 0 Å². The Hall–Kier alpha value is -1.59. The molecule has 162 valence electrons. The molecule has 2 aliphatic rings. The molecule has 5 nitrogen and oxygen atoms in total. The summed E-state index contributed by atoms with van der Waals surface area (Å²) in [5, 5.41) is 16.7. The van der Waals surface area contributed by atoms with Crippen LogP contribution in [-0.4, -0.2) is 47.7 Å². The Labute approximate surface area is 177 Å². The SMILES string of the molecule is CCNC(=NCc1ccccc1CN1CC(C)CC(C)C1)NC1CCC(O)CC1. The zero-order valence-electron chi connectivity index (χ0n) is 18.5. The molecule has 1 aliphatic carbocycles. The topological polar surface area (TPSA) is 59.9 Å². The Kier molecular flexibility index (Phi) is 8.37. The van der Waals surface area contributed by atoms with E-state index in [9.17, 15) is 5.11 Å². The molecule has 2 fully saturated rings. The van der Waals surface area contributed by atoms with Gasteiger partial charge in [0.05, 0.1) is 12.6 Å². The van der Waals surface area contributed by atoms with Gasteiger partial charge in [-0.25, -0.2) is 4.99 Å². The molecule has 1 heterocycles. The lowest BCUT2D eigenvalue weighted by Crippen LogP contribution is -2.45. The Morgan fingerprint density at radius 3 is 2.38 bits per heavy atom. The van der Waals surface area contributed by atoms with Crippen LogP contribution in [0.25, 0.3) is 0 Å². The standard InChI is InChI=1S/C24H40N4O/c1-4-25-24(27-22-9-11-23(29)12-10-22)26-14-20-7-5-6-8-21(20)17-28-15-18(2)13-19(3)16-28/h5-8,18-19,22-23,29H,4,9-17H2,1-3H3,(H2,25,26,27). The van der Waals surface area contributed by atoms with Crippen molar-refractivity contribution in [3.63, 3.8) is 0 Å². The molecule has 1 aromatic rings. The molecule has 0 bridgehead atoms. The number of rotatable bonds is 6. The first-order valence-electron chi connectivity index (χ1n) is 11.6. The van der Waals surface area contributed by atoms with E-state index < -0.39 is 0 Å². The summed E-state index contributed by atoms with van der Waals surface area (Å²) in [6, 6.07) is 9.16. The number of likely N-dealkylation sites (tertiary alicyclic amines) is 1. The number of aliphatic hydroxyl groups excluding tert-OH is 1. The fourth-order valence-electron chi connectivity index (χ4n) is 4.93. The maximum absolute atomic E-state index is 9.74. The molecule has 3 rings (SSSR count). The Bertz CT molecular complexity index is 644. The van der Waals surface area contributed by atoms with Crippen molar-refractivity contribution in [2.45, 2.75) is 78.1 Å². The first-order valence-corrected chi connectivity index (χ1v) is 11.6. The summed E-state index contributed by atoms with van der Waals surface area (Å²) in [5.41, 5.74) is 2.71. The van der Waals surface area contributed by atoms with E-state index in [1.165, 1.54) is 30.6 Å². The number of nitrogens with zero attached hydrogens (tertiary/aromatic N) is 2. The number of hydrogen-bond acceptors (Lipinski definition) is 3. The molecule has 0 radical (unpaired) electrons. The molecular weight excluding hydrogens is 360 g/mol. The molecule has 1 aliphatic heterocycles. The highest BCUT2D eigenvalue weighted by atomic mass is 16.3. The first kappa shape index (κ1) is 22.1. The zero-order valence-corrected chi connectivity index (χ0v) is 18.5. The second-order valence-corrected chi connectivity index (χ2v) is 9.25. The predicted octanol–water partition coefficient (Wildman–Crippen LogP) is 3.52. The minimum atomic E-state index is -0.125. The number of piperidine rings is 1. The third-order valence-electron chi connectivity index (χ3n) is 6.25. The molecule has 1 aromatic carbocycles. The van der Waals surface area contributed by atoms with E-state index in [1.807, 2.05) is 0 Å². The van der Waals surface area contributed by atoms with Crippen LogP contribution in [0, 0.1) is 11.8 Å². The molecular formula is C24H40N4O. The fraction of sp³-hybridized carbons (Fsp3) is 0.708. The van der Waals surface area contributed by atoms with Gasteiger partial charge in [-0.3, -0.25) is 4.90 Å². The quantitative estimate of drug-likeness (QED) is 0.505. The fourth-order valence-corrected chi connectivity index (χ4v) is 4.93. The Morgan fingerprint density at radius 2 is 1.72 bits per heavy atom. The average molecular weight is 401 g/mol. The second-order valence-electron chi connectivity index (χ2n) is 9.25. The lowest BCUT2D eigenvalue weighted by molar-refractivity contribution is 0.120. The highest BCUT2D eigenvalue weighted by Crippen LogP contribution is 2.23. The highest BCUT2D eigenvalue weighted by Gasteiger charge is 2.22. The van der Waals surface area contributed by atoms with E-state index in [0.29, 0.717) is 12.6 Å². The van der Waals surface area contributed by atoms with Gasteiger partial charge in [-0.05, 0) is 62.0 Å². The third kappa shape index (κ3) is 7.00. The number of guanidine groups is 1. The molecule has 1 saturated heterocycles. The van der Waals surface area contributed by atoms with E-state index in [-0.39, 0.29) is 6.10 Å². The number of hydrogen-bond donors (Lipinski definition) is 3. The second kappa shape index (κ2) is 11.0. The van der Waals surface area contributed by atoms with Crippen molar-refractivity contribution in [1.29, 1.82) is 0 Å². The zero-order chi connectivity index (χ0) is 20.6. The van der Waals surface area contributed by atoms with Crippen LogP contribution >= 0.6 is 0 Å². The lowest BCUT2D eigenvalue weighted by atomic mass is 9.91. The lowest BCUT2D eigenvalue weighted by Gasteiger charge is -2.35. The van der Waals surface area contributed by atoms with Crippen molar-refractivity contribution in [2.24, 2.45) is 16.8 Å². The summed E-state index contributed by atoms with van der Waals surface area (Å²) in [4.78, 5) is 7.50. The molecule has 29 heavy (non-hydrogen) atoms. The van der Waals surface area contributed by atoms with E-state index >= 15 is 0 Å². The van der Waals surface area contributed by atoms with Crippen LogP contribution in [0.2, 0.25) is 0 Å². The molecule has 1 saturated carbocycles. The van der Waals surface area contributed by atoms with E-state index in [2.05, 4.69) is 60.6 Å². The highest BCUT2D eigenvalue weighted by molar-refractivity contribution is 5.80. The largest absolute Gasteiger partial charge is 0.393 e. The third-order valence-corrected chi connectivity index (χ3v) is 6.25. The Balaban J connectivity index is 1.63. The first-order chi connectivity index (χ1) is 14.0. The summed E-state index contributed by atoms with van der Waals surface area (Å²) < 4.78 is 0. The van der Waals surface area contributed by atoms with E-state index in [1.54, 1.807) is 0 Å². The number of nitrogens with one attached hydrogen (secondary N) is 2. The van der Waals surface area contributed by atoms with Gasteiger partial charge in [-0.1, -0.05) is 38.1 Å². The monoisotopic (exact) mass is 400 g/mol. The van der Waals surface area contributed by atoms with Gasteiger partial charge in [0.25, 0.3) is 0 Å². The van der Waals surface area contributed by atoms with Crippen LogP contribution in [0.15, 0.2) is 29.3 Å². The van der Waals surface area contributed by atoms with E-state index in [0.717, 1.165) is 56.6 Å². The predicted molar refractivity (Wildman–Crippen MR) is 121 cm³/mol. The minimum absolute atomic E-state index is 0.125. The van der Waals surface area contributed by atoms with Gasteiger partial charge in [0.2, 0.25) is 0 Å². The van der Waals surface area contributed by atoms with Gasteiger partial charge < -0.3 is 15.7 Å². The van der Waals surface area contributed by atoms with Crippen molar-refractivity contribution >= 4 is 5.96 Å². The molecule has 0 spiro atoms. The number of aliphatic hydroxyl groups is 1. The van der Waals surface area contributed by atoms with Crippen LogP contribution in [-0.2, 0) is 13.1 Å². The summed E-state index contributed by atoms with van der Waals surface area (Å²) in [6.07, 6.45) is 5.00. The van der Waals surface area contributed by atoms with Gasteiger partial charge in [0, 0.05) is 32.2 Å². The normalized spacial score (nSPS) is 28.9. The maximum Gasteiger partial charge on any atom is 0.191 e. The van der Waals surface area contributed by atoms with Gasteiger partial charge >= 0.3 is 0 Å². The number of aliphatic imine (C=N–C) groups is 1. The van der Waals surface area contributed by atoms with Crippen LogP contribution in [0.1, 0.15) is 64.0 Å². The van der Waals surface area contributed by atoms with Crippen molar-refractivity contribution in [2.75, 3.05) is 19.6 Å². The molecule has 2 atom stereocenters. The minimum Gasteiger partial charge on any atom is -0.393 e. The Morgan fingerprint density at radius 1 is 1.07 bits per heavy atom. The van der Waals surface area contributed by atoms with E-state index in [4.69, 9.17) is 4.99 Å². The molecule has 0 amide bonds. The van der Waals surface area contributed by atoms with Crippen molar-refractivity contribution < 1.29 is 5.11 Å². The van der Waals surface area contributed by atoms with Crippen molar-refractivity contribution in [3.05, 3.63) is 35.4 Å². The summed E-state index contributed by atoms with van der Waals surface area (Å²) >= 11 is 0. The molecule has 2 unspecified atom stereocenters. The maximum atomic E-state index is 9.74. The molecule has 3 N–H and O–H groups in total. The smallest absolute Gasteiger partial charge is 0.191 e. The summed E-state index contributed by atoms with van der Waals surface area (Å²) in [5.74, 6) is 2.45. The summed E-state index contributed by atoms with van der Waals surface area (Å²) in [6.45, 7) is 11.8. The van der Waals surface area contributed by atoms with Gasteiger partial charge in [0.1, 0.15) is 0 Å². The average Bonchev–Trinajstić information content (AvgIpc) is 2.68. The van der Waals surface area contributed by atoms with Crippen molar-refractivity contribution in [1.82, 2.24) is 15.5 Å². The van der Waals surface area contributed by atoms with Gasteiger partial charge in [0.15, 0.2) is 5.96 Å². The van der Waals surface area contributed by atoms with Crippen LogP contribution < -0.4 is 10.6 Å². The van der Waals surface area contributed by atoms with Crippen LogP contribution in [0.3, 0.4) is 0 Å². The number of benzene rings is 1. The summed E-state index contributed by atoms with van der Waals surface area (Å²) in [7, 11) is 0. The van der Waals surface area contributed by atoms with Gasteiger partial charge in [-0.2, -0.15) is 0 Å². The molecule has 5 heteroatoms. The molecule has 0 aromatic heterocycles. The van der Waals surface area contributed by atoms with Crippen LogP contribution in [0.4, 0.5) is 0 Å².